The van der Waals surface area contributed by atoms with Gasteiger partial charge in [0.2, 0.25) is 0 Å². The van der Waals surface area contributed by atoms with Gasteiger partial charge in [-0.1, -0.05) is 36.4 Å². The molecule has 0 aliphatic carbocycles. The SMILES string of the molecule is COc1ccc(CN=Cc2c(O)ccc3cc(C(=O)NCc4ccc(OC)cc4)ccc23)cc1. The van der Waals surface area contributed by atoms with Gasteiger partial charge < -0.3 is 19.9 Å². The Balaban J connectivity index is 1.47. The largest absolute Gasteiger partial charge is 0.507 e. The summed E-state index contributed by atoms with van der Waals surface area (Å²) in [6.07, 6.45) is 1.67. The van der Waals surface area contributed by atoms with E-state index in [1.165, 1.54) is 0 Å². The van der Waals surface area contributed by atoms with Crippen LogP contribution in [0.3, 0.4) is 0 Å². The summed E-state index contributed by atoms with van der Waals surface area (Å²) in [5.74, 6) is 1.54. The number of benzene rings is 4. The first-order valence-corrected chi connectivity index (χ1v) is 10.9. The fourth-order valence-electron chi connectivity index (χ4n) is 3.62. The summed E-state index contributed by atoms with van der Waals surface area (Å²) < 4.78 is 10.3. The molecule has 0 heterocycles. The summed E-state index contributed by atoms with van der Waals surface area (Å²) in [5, 5.41) is 15.0. The van der Waals surface area contributed by atoms with E-state index >= 15 is 0 Å². The van der Waals surface area contributed by atoms with Crippen LogP contribution >= 0.6 is 0 Å². The van der Waals surface area contributed by atoms with Gasteiger partial charge in [0.1, 0.15) is 17.2 Å². The minimum Gasteiger partial charge on any atom is -0.507 e. The van der Waals surface area contributed by atoms with Crippen molar-refractivity contribution in [1.82, 2.24) is 5.32 Å². The Morgan fingerprint density at radius 1 is 0.882 bits per heavy atom. The second-order valence-electron chi connectivity index (χ2n) is 7.78. The number of carbonyl (C=O) groups excluding carboxylic acids is 1. The van der Waals surface area contributed by atoms with Crippen LogP contribution in [0, 0.1) is 0 Å². The van der Waals surface area contributed by atoms with Crippen LogP contribution in [0.4, 0.5) is 0 Å². The lowest BCUT2D eigenvalue weighted by molar-refractivity contribution is 0.0951. The first kappa shape index (κ1) is 22.9. The van der Waals surface area contributed by atoms with E-state index in [0.29, 0.717) is 24.2 Å². The molecule has 0 bridgehead atoms. The van der Waals surface area contributed by atoms with Gasteiger partial charge >= 0.3 is 0 Å². The number of aromatic hydroxyl groups is 1. The molecule has 0 aliphatic rings. The molecule has 2 N–H and O–H groups in total. The number of phenols is 1. The van der Waals surface area contributed by atoms with Crippen molar-refractivity contribution in [1.29, 1.82) is 0 Å². The van der Waals surface area contributed by atoms with E-state index < -0.39 is 0 Å². The third-order valence-corrected chi connectivity index (χ3v) is 5.57. The number of ether oxygens (including phenoxy) is 2. The zero-order valence-corrected chi connectivity index (χ0v) is 19.1. The molecule has 0 atom stereocenters. The average Bonchev–Trinajstić information content (AvgIpc) is 2.89. The quantitative estimate of drug-likeness (QED) is 0.363. The van der Waals surface area contributed by atoms with Gasteiger partial charge in [0.05, 0.1) is 20.8 Å². The molecule has 172 valence electrons. The summed E-state index contributed by atoms with van der Waals surface area (Å²) in [7, 11) is 3.25. The van der Waals surface area contributed by atoms with Crippen LogP contribution in [0.5, 0.6) is 17.2 Å². The predicted octanol–water partition coefficient (Wildman–Crippen LogP) is 5.11. The Morgan fingerprint density at radius 3 is 2.18 bits per heavy atom. The molecular formula is C28H26N2O4. The van der Waals surface area contributed by atoms with Crippen molar-refractivity contribution < 1.29 is 19.4 Å². The van der Waals surface area contributed by atoms with E-state index in [4.69, 9.17) is 9.47 Å². The Bertz CT molecular complexity index is 1310. The molecule has 0 unspecified atom stereocenters. The number of phenolic OH excluding ortho intramolecular Hbond substituents is 1. The van der Waals surface area contributed by atoms with Gasteiger partial charge in [0.15, 0.2) is 0 Å². The fourth-order valence-corrected chi connectivity index (χ4v) is 3.62. The number of nitrogens with zero attached hydrogens (tertiary/aromatic N) is 1. The topological polar surface area (TPSA) is 80.2 Å². The smallest absolute Gasteiger partial charge is 0.251 e. The predicted molar refractivity (Wildman–Crippen MR) is 134 cm³/mol. The number of rotatable bonds is 8. The van der Waals surface area contributed by atoms with Crippen LogP contribution in [0.15, 0.2) is 83.9 Å². The maximum Gasteiger partial charge on any atom is 0.251 e. The Morgan fingerprint density at radius 2 is 1.53 bits per heavy atom. The molecule has 0 spiro atoms. The summed E-state index contributed by atoms with van der Waals surface area (Å²) >= 11 is 0. The van der Waals surface area contributed by atoms with Gasteiger partial charge in [0.25, 0.3) is 5.91 Å². The van der Waals surface area contributed by atoms with E-state index in [0.717, 1.165) is 33.4 Å². The van der Waals surface area contributed by atoms with Gasteiger partial charge in [-0.2, -0.15) is 0 Å². The number of aliphatic imine (C=N–C) groups is 1. The monoisotopic (exact) mass is 454 g/mol. The average molecular weight is 455 g/mol. The summed E-state index contributed by atoms with van der Waals surface area (Å²) in [5.41, 5.74) is 3.19. The number of nitrogens with one attached hydrogen (secondary N) is 1. The Labute approximate surface area is 198 Å². The van der Waals surface area contributed by atoms with Gasteiger partial charge in [-0.3, -0.25) is 9.79 Å². The molecule has 6 nitrogen and oxygen atoms in total. The molecule has 0 saturated heterocycles. The summed E-state index contributed by atoms with van der Waals surface area (Å²) in [4.78, 5) is 17.2. The van der Waals surface area contributed by atoms with Gasteiger partial charge in [-0.25, -0.2) is 0 Å². The highest BCUT2D eigenvalue weighted by atomic mass is 16.5. The number of methoxy groups -OCH3 is 2. The molecule has 0 radical (unpaired) electrons. The Kier molecular flexibility index (Phi) is 7.08. The van der Waals surface area contributed by atoms with Crippen LogP contribution in [0.25, 0.3) is 10.8 Å². The van der Waals surface area contributed by atoms with Crippen LogP contribution in [0.2, 0.25) is 0 Å². The molecule has 4 rings (SSSR count). The van der Waals surface area contributed by atoms with Crippen LogP contribution in [0.1, 0.15) is 27.0 Å². The van der Waals surface area contributed by atoms with Crippen molar-refractivity contribution in [3.8, 4) is 17.2 Å². The molecule has 0 fully saturated rings. The van der Waals surface area contributed by atoms with Crippen LogP contribution < -0.4 is 14.8 Å². The van der Waals surface area contributed by atoms with E-state index in [9.17, 15) is 9.90 Å². The van der Waals surface area contributed by atoms with Gasteiger partial charge in [0, 0.05) is 23.9 Å². The minimum absolute atomic E-state index is 0.141. The third kappa shape index (κ3) is 5.35. The zero-order valence-electron chi connectivity index (χ0n) is 19.1. The normalized spacial score (nSPS) is 11.0. The van der Waals surface area contributed by atoms with Crippen molar-refractivity contribution in [2.45, 2.75) is 13.1 Å². The maximum atomic E-state index is 12.7. The molecule has 34 heavy (non-hydrogen) atoms. The van der Waals surface area contributed by atoms with E-state index in [1.54, 1.807) is 38.6 Å². The highest BCUT2D eigenvalue weighted by molar-refractivity contribution is 6.05. The third-order valence-electron chi connectivity index (χ3n) is 5.57. The molecule has 4 aromatic carbocycles. The molecule has 4 aromatic rings. The van der Waals surface area contributed by atoms with E-state index in [1.807, 2.05) is 60.7 Å². The Hall–Kier alpha value is -4.32. The molecule has 0 aliphatic heterocycles. The van der Waals surface area contributed by atoms with Crippen LogP contribution in [-0.4, -0.2) is 31.4 Å². The van der Waals surface area contributed by atoms with E-state index in [2.05, 4.69) is 10.3 Å². The van der Waals surface area contributed by atoms with Crippen molar-refractivity contribution in [3.05, 3.63) is 101 Å². The lowest BCUT2D eigenvalue weighted by atomic mass is 10.0. The summed E-state index contributed by atoms with van der Waals surface area (Å²) in [6, 6.07) is 24.1. The first-order valence-electron chi connectivity index (χ1n) is 10.9. The number of hydrogen-bond acceptors (Lipinski definition) is 5. The standard InChI is InChI=1S/C28H26N2O4/c1-33-23-9-3-19(4-10-23)16-29-18-26-25-13-7-22(15-21(25)8-14-27(26)31)28(32)30-17-20-5-11-24(34-2)12-6-20/h3-15,18,31H,16-17H2,1-2H3,(H,30,32). The number of carbonyl (C=O) groups is 1. The maximum absolute atomic E-state index is 12.7. The van der Waals surface area contributed by atoms with Crippen molar-refractivity contribution >= 4 is 22.9 Å². The fraction of sp³-hybridized carbons (Fsp3) is 0.143. The van der Waals surface area contributed by atoms with Gasteiger partial charge in [-0.15, -0.1) is 0 Å². The second kappa shape index (κ2) is 10.5. The highest BCUT2D eigenvalue weighted by Crippen LogP contribution is 2.27. The number of amides is 1. The molecule has 0 aromatic heterocycles. The molecular weight excluding hydrogens is 428 g/mol. The van der Waals surface area contributed by atoms with E-state index in [-0.39, 0.29) is 11.7 Å². The first-order chi connectivity index (χ1) is 16.6. The van der Waals surface area contributed by atoms with Crippen molar-refractivity contribution in [3.63, 3.8) is 0 Å². The van der Waals surface area contributed by atoms with Crippen molar-refractivity contribution in [2.24, 2.45) is 4.99 Å². The summed E-state index contributed by atoms with van der Waals surface area (Å²) in [6.45, 7) is 0.894. The number of fused-ring (bicyclic) bond motifs is 1. The number of hydrogen-bond donors (Lipinski definition) is 2. The van der Waals surface area contributed by atoms with Crippen LogP contribution in [-0.2, 0) is 13.1 Å². The highest BCUT2D eigenvalue weighted by Gasteiger charge is 2.10. The lowest BCUT2D eigenvalue weighted by Gasteiger charge is -2.09. The van der Waals surface area contributed by atoms with Crippen molar-refractivity contribution in [2.75, 3.05) is 14.2 Å². The van der Waals surface area contributed by atoms with Gasteiger partial charge in [-0.05, 0) is 64.4 Å². The second-order valence-corrected chi connectivity index (χ2v) is 7.78. The molecule has 1 amide bonds. The minimum atomic E-state index is -0.166. The lowest BCUT2D eigenvalue weighted by Crippen LogP contribution is -2.22. The molecule has 6 heteroatoms. The molecule has 0 saturated carbocycles. The zero-order chi connectivity index (χ0) is 23.9.